The van der Waals surface area contributed by atoms with Gasteiger partial charge in [0.05, 0.1) is 0 Å². The standard InChI is InChI=1S/C13H28/c1-6-7-8-9-10-11-12(2)13(3,4)5/h12H,6-11H2,1-5H3. The molecule has 0 amide bonds. The van der Waals surface area contributed by atoms with Crippen molar-refractivity contribution in [2.75, 3.05) is 0 Å². The number of rotatable bonds is 6. The van der Waals surface area contributed by atoms with Crippen molar-refractivity contribution in [1.82, 2.24) is 0 Å². The molecule has 0 aliphatic rings. The average molecular weight is 184 g/mol. The van der Waals surface area contributed by atoms with Crippen LogP contribution in [0.1, 0.15) is 73.1 Å². The van der Waals surface area contributed by atoms with Crippen molar-refractivity contribution < 1.29 is 0 Å². The highest BCUT2D eigenvalue weighted by Gasteiger charge is 2.18. The predicted molar refractivity (Wildman–Crippen MR) is 62.0 cm³/mol. The van der Waals surface area contributed by atoms with Crippen molar-refractivity contribution in [1.29, 1.82) is 0 Å². The molecule has 0 saturated heterocycles. The second-order valence-corrected chi connectivity index (χ2v) is 5.47. The third-order valence-corrected chi connectivity index (χ3v) is 3.22. The molecular formula is C13H28. The first-order valence-electron chi connectivity index (χ1n) is 5.98. The molecular weight excluding hydrogens is 156 g/mol. The maximum atomic E-state index is 2.39. The van der Waals surface area contributed by atoms with Crippen LogP contribution in [0.15, 0.2) is 0 Å². The first kappa shape index (κ1) is 13.0. The summed E-state index contributed by atoms with van der Waals surface area (Å²) in [6.07, 6.45) is 8.49. The van der Waals surface area contributed by atoms with E-state index in [1.54, 1.807) is 0 Å². The molecule has 0 bridgehead atoms. The summed E-state index contributed by atoms with van der Waals surface area (Å²) in [4.78, 5) is 0. The van der Waals surface area contributed by atoms with E-state index in [1.807, 2.05) is 0 Å². The molecule has 0 heteroatoms. The molecule has 0 heterocycles. The summed E-state index contributed by atoms with van der Waals surface area (Å²) in [6.45, 7) is 11.7. The first-order valence-corrected chi connectivity index (χ1v) is 5.98. The smallest absolute Gasteiger partial charge is 0.0357 e. The fraction of sp³-hybridized carbons (Fsp3) is 1.00. The summed E-state index contributed by atoms with van der Waals surface area (Å²) < 4.78 is 0. The zero-order chi connectivity index (χ0) is 10.3. The molecule has 0 saturated carbocycles. The number of unbranched alkanes of at least 4 members (excludes halogenated alkanes) is 4. The summed E-state index contributed by atoms with van der Waals surface area (Å²) in [5.74, 6) is 0.870. The van der Waals surface area contributed by atoms with E-state index in [9.17, 15) is 0 Å². The topological polar surface area (TPSA) is 0 Å². The minimum Gasteiger partial charge on any atom is -0.0654 e. The molecule has 0 radical (unpaired) electrons. The van der Waals surface area contributed by atoms with Crippen LogP contribution in [0.25, 0.3) is 0 Å². The van der Waals surface area contributed by atoms with E-state index in [0.717, 1.165) is 5.92 Å². The van der Waals surface area contributed by atoms with Crippen molar-refractivity contribution in [3.05, 3.63) is 0 Å². The summed E-state index contributed by atoms with van der Waals surface area (Å²) in [5.41, 5.74) is 0.505. The highest BCUT2D eigenvalue weighted by atomic mass is 14.2. The number of hydrogen-bond acceptors (Lipinski definition) is 0. The van der Waals surface area contributed by atoms with Crippen molar-refractivity contribution in [3.8, 4) is 0 Å². The Morgan fingerprint density at radius 1 is 0.923 bits per heavy atom. The van der Waals surface area contributed by atoms with Gasteiger partial charge in [0, 0.05) is 0 Å². The SMILES string of the molecule is CCCCCCCC(C)C(C)(C)C. The van der Waals surface area contributed by atoms with Gasteiger partial charge in [-0.05, 0) is 11.3 Å². The Morgan fingerprint density at radius 3 is 1.92 bits per heavy atom. The average Bonchev–Trinajstić information content (AvgIpc) is 2.02. The molecule has 0 aliphatic heterocycles. The van der Waals surface area contributed by atoms with Crippen LogP contribution in [0, 0.1) is 11.3 Å². The molecule has 1 atom stereocenters. The lowest BCUT2D eigenvalue weighted by Crippen LogP contribution is -2.16. The van der Waals surface area contributed by atoms with E-state index >= 15 is 0 Å². The molecule has 0 aromatic carbocycles. The van der Waals surface area contributed by atoms with Crippen LogP contribution < -0.4 is 0 Å². The van der Waals surface area contributed by atoms with Gasteiger partial charge in [0.15, 0.2) is 0 Å². The predicted octanol–water partition coefficient (Wildman–Crippen LogP) is 5.03. The lowest BCUT2D eigenvalue weighted by atomic mass is 9.79. The Morgan fingerprint density at radius 2 is 1.46 bits per heavy atom. The maximum Gasteiger partial charge on any atom is -0.0357 e. The van der Waals surface area contributed by atoms with Crippen LogP contribution in [-0.2, 0) is 0 Å². The summed E-state index contributed by atoms with van der Waals surface area (Å²) >= 11 is 0. The van der Waals surface area contributed by atoms with Crippen LogP contribution in [0.5, 0.6) is 0 Å². The summed E-state index contributed by atoms with van der Waals surface area (Å²) in [6, 6.07) is 0. The fourth-order valence-electron chi connectivity index (χ4n) is 1.49. The lowest BCUT2D eigenvalue weighted by Gasteiger charge is -2.27. The third kappa shape index (κ3) is 7.10. The van der Waals surface area contributed by atoms with Crippen LogP contribution in [0.4, 0.5) is 0 Å². The zero-order valence-corrected chi connectivity index (χ0v) is 10.3. The van der Waals surface area contributed by atoms with Gasteiger partial charge in [-0.1, -0.05) is 73.1 Å². The molecule has 0 aliphatic carbocycles. The number of hydrogen-bond donors (Lipinski definition) is 0. The Kier molecular flexibility index (Phi) is 6.45. The van der Waals surface area contributed by atoms with E-state index in [4.69, 9.17) is 0 Å². The lowest BCUT2D eigenvalue weighted by molar-refractivity contribution is 0.240. The van der Waals surface area contributed by atoms with E-state index in [0.29, 0.717) is 5.41 Å². The van der Waals surface area contributed by atoms with Gasteiger partial charge in [-0.2, -0.15) is 0 Å². The summed E-state index contributed by atoms with van der Waals surface area (Å²) in [5, 5.41) is 0. The van der Waals surface area contributed by atoms with Crippen LogP contribution in [-0.4, -0.2) is 0 Å². The normalized spacial score (nSPS) is 14.5. The quantitative estimate of drug-likeness (QED) is 0.508. The van der Waals surface area contributed by atoms with Gasteiger partial charge in [0.2, 0.25) is 0 Å². The molecule has 1 unspecified atom stereocenters. The zero-order valence-electron chi connectivity index (χ0n) is 10.3. The van der Waals surface area contributed by atoms with E-state index in [-0.39, 0.29) is 0 Å². The van der Waals surface area contributed by atoms with E-state index in [1.165, 1.54) is 38.5 Å². The van der Waals surface area contributed by atoms with E-state index < -0.39 is 0 Å². The monoisotopic (exact) mass is 184 g/mol. The third-order valence-electron chi connectivity index (χ3n) is 3.22. The highest BCUT2D eigenvalue weighted by Crippen LogP contribution is 2.29. The Labute approximate surface area is 85.1 Å². The van der Waals surface area contributed by atoms with Gasteiger partial charge >= 0.3 is 0 Å². The van der Waals surface area contributed by atoms with Gasteiger partial charge in [-0.25, -0.2) is 0 Å². The van der Waals surface area contributed by atoms with Crippen molar-refractivity contribution in [2.24, 2.45) is 11.3 Å². The Bertz CT molecular complexity index is 108. The van der Waals surface area contributed by atoms with Crippen LogP contribution >= 0.6 is 0 Å². The minimum atomic E-state index is 0.505. The molecule has 0 fully saturated rings. The van der Waals surface area contributed by atoms with Gasteiger partial charge < -0.3 is 0 Å². The highest BCUT2D eigenvalue weighted by molar-refractivity contribution is 4.69. The van der Waals surface area contributed by atoms with Gasteiger partial charge in [0.1, 0.15) is 0 Å². The molecule has 0 rings (SSSR count). The molecule has 0 spiro atoms. The largest absolute Gasteiger partial charge is 0.0654 e. The molecule has 0 nitrogen and oxygen atoms in total. The second kappa shape index (κ2) is 6.45. The molecule has 80 valence electrons. The maximum absolute atomic E-state index is 2.39. The first-order chi connectivity index (χ1) is 5.98. The Hall–Kier alpha value is 0. The van der Waals surface area contributed by atoms with Gasteiger partial charge in [-0.15, -0.1) is 0 Å². The second-order valence-electron chi connectivity index (χ2n) is 5.47. The van der Waals surface area contributed by atoms with Crippen molar-refractivity contribution >= 4 is 0 Å². The molecule has 13 heavy (non-hydrogen) atoms. The fourth-order valence-corrected chi connectivity index (χ4v) is 1.49. The van der Waals surface area contributed by atoms with Crippen LogP contribution in [0.2, 0.25) is 0 Å². The van der Waals surface area contributed by atoms with Gasteiger partial charge in [0.25, 0.3) is 0 Å². The Balaban J connectivity index is 3.32. The van der Waals surface area contributed by atoms with Crippen molar-refractivity contribution in [3.63, 3.8) is 0 Å². The molecule has 0 aromatic heterocycles. The van der Waals surface area contributed by atoms with Crippen molar-refractivity contribution in [2.45, 2.75) is 73.1 Å². The van der Waals surface area contributed by atoms with E-state index in [2.05, 4.69) is 34.6 Å². The molecule has 0 N–H and O–H groups in total. The van der Waals surface area contributed by atoms with Gasteiger partial charge in [-0.3, -0.25) is 0 Å². The molecule has 0 aromatic rings. The minimum absolute atomic E-state index is 0.505. The summed E-state index contributed by atoms with van der Waals surface area (Å²) in [7, 11) is 0. The van der Waals surface area contributed by atoms with Crippen LogP contribution in [0.3, 0.4) is 0 Å².